The number of methoxy groups -OCH3 is 4. The summed E-state index contributed by atoms with van der Waals surface area (Å²) >= 11 is 0. The van der Waals surface area contributed by atoms with E-state index in [-0.39, 0.29) is 29.7 Å². The van der Waals surface area contributed by atoms with Crippen LogP contribution in [0.4, 0.5) is 0 Å². The first kappa shape index (κ1) is 30.1. The molecular formula is C27H36N4O7S. The van der Waals surface area contributed by atoms with Gasteiger partial charge in [0, 0.05) is 53.5 Å². The summed E-state index contributed by atoms with van der Waals surface area (Å²) in [6, 6.07) is 15.7. The molecule has 0 saturated heterocycles. The predicted molar refractivity (Wildman–Crippen MR) is 145 cm³/mol. The highest BCUT2D eigenvalue weighted by atomic mass is 32.2. The van der Waals surface area contributed by atoms with Crippen molar-refractivity contribution in [3.63, 3.8) is 0 Å². The van der Waals surface area contributed by atoms with Crippen molar-refractivity contribution in [2.24, 2.45) is 7.05 Å². The van der Waals surface area contributed by atoms with Crippen molar-refractivity contribution >= 4 is 15.9 Å². The van der Waals surface area contributed by atoms with Gasteiger partial charge in [-0.1, -0.05) is 24.3 Å². The molecule has 3 aromatic rings. The maximum absolute atomic E-state index is 13.9. The molecule has 0 aliphatic rings. The molecule has 12 heteroatoms. The summed E-state index contributed by atoms with van der Waals surface area (Å²) < 4.78 is 51.2. The minimum atomic E-state index is -4.10. The molecule has 0 N–H and O–H groups in total. The maximum Gasteiger partial charge on any atom is 0.272 e. The van der Waals surface area contributed by atoms with E-state index in [1.807, 2.05) is 24.3 Å². The third-order valence-electron chi connectivity index (χ3n) is 6.13. The molecule has 0 spiro atoms. The third-order valence-corrected chi connectivity index (χ3v) is 7.80. The summed E-state index contributed by atoms with van der Waals surface area (Å²) in [5.74, 6) is 0.975. The summed E-state index contributed by atoms with van der Waals surface area (Å²) in [6.45, 7) is 1.49. The van der Waals surface area contributed by atoms with Gasteiger partial charge in [0.15, 0.2) is 5.03 Å². The highest BCUT2D eigenvalue weighted by Gasteiger charge is 2.31. The second-order valence-electron chi connectivity index (χ2n) is 8.74. The Kier molecular flexibility index (Phi) is 10.9. The van der Waals surface area contributed by atoms with Crippen LogP contribution < -0.4 is 9.47 Å². The minimum Gasteiger partial charge on any atom is -0.497 e. The molecule has 0 bridgehead atoms. The highest BCUT2D eigenvalue weighted by Crippen LogP contribution is 2.24. The van der Waals surface area contributed by atoms with Crippen LogP contribution in [0.2, 0.25) is 0 Å². The van der Waals surface area contributed by atoms with Gasteiger partial charge in [0.2, 0.25) is 0 Å². The van der Waals surface area contributed by atoms with Crippen LogP contribution >= 0.6 is 0 Å². The van der Waals surface area contributed by atoms with Gasteiger partial charge in [-0.3, -0.25) is 9.48 Å². The smallest absolute Gasteiger partial charge is 0.272 e. The van der Waals surface area contributed by atoms with E-state index in [1.165, 1.54) is 15.1 Å². The van der Waals surface area contributed by atoms with Gasteiger partial charge in [0.05, 0.1) is 27.4 Å². The Morgan fingerprint density at radius 3 is 1.69 bits per heavy atom. The van der Waals surface area contributed by atoms with Gasteiger partial charge in [-0.05, 0) is 35.4 Å². The number of rotatable bonds is 15. The van der Waals surface area contributed by atoms with Crippen LogP contribution in [-0.4, -0.2) is 88.1 Å². The zero-order chi connectivity index (χ0) is 28.4. The fourth-order valence-electron chi connectivity index (χ4n) is 3.87. The summed E-state index contributed by atoms with van der Waals surface area (Å²) in [6.07, 6.45) is 0. The molecule has 1 aromatic heterocycles. The molecule has 0 saturated carbocycles. The van der Waals surface area contributed by atoms with Gasteiger partial charge >= 0.3 is 0 Å². The first-order valence-corrected chi connectivity index (χ1v) is 13.7. The summed E-state index contributed by atoms with van der Waals surface area (Å²) in [7, 11) is 3.69. The summed E-state index contributed by atoms with van der Waals surface area (Å²) in [5.41, 5.74) is 1.69. The molecule has 39 heavy (non-hydrogen) atoms. The van der Waals surface area contributed by atoms with Crippen molar-refractivity contribution in [2.45, 2.75) is 18.1 Å². The number of benzene rings is 2. The lowest BCUT2D eigenvalue weighted by atomic mass is 10.2. The van der Waals surface area contributed by atoms with Crippen LogP contribution in [0.15, 0.2) is 59.6 Å². The normalized spacial score (nSPS) is 11.5. The number of carbonyl (C=O) groups excluding carboxylic acids is 1. The fraction of sp³-hybridized carbons (Fsp3) is 0.407. The number of amides is 1. The van der Waals surface area contributed by atoms with E-state index in [2.05, 4.69) is 5.10 Å². The second kappa shape index (κ2) is 14.1. The largest absolute Gasteiger partial charge is 0.497 e. The molecule has 0 fully saturated rings. The Morgan fingerprint density at radius 1 is 0.821 bits per heavy atom. The van der Waals surface area contributed by atoms with Gasteiger partial charge in [0.1, 0.15) is 17.2 Å². The van der Waals surface area contributed by atoms with Gasteiger partial charge < -0.3 is 23.8 Å². The van der Waals surface area contributed by atoms with Crippen LogP contribution in [0.3, 0.4) is 0 Å². The number of sulfonamides is 1. The lowest BCUT2D eigenvalue weighted by Gasteiger charge is -2.22. The molecule has 0 aliphatic heterocycles. The van der Waals surface area contributed by atoms with Crippen LogP contribution in [0.25, 0.3) is 0 Å². The minimum absolute atomic E-state index is 0.0893. The van der Waals surface area contributed by atoms with Crippen molar-refractivity contribution in [1.82, 2.24) is 19.0 Å². The Labute approximate surface area is 229 Å². The van der Waals surface area contributed by atoms with Gasteiger partial charge in [0.25, 0.3) is 15.9 Å². The topological polar surface area (TPSA) is 112 Å². The van der Waals surface area contributed by atoms with Gasteiger partial charge in [-0.2, -0.15) is 9.40 Å². The Balaban J connectivity index is 1.95. The maximum atomic E-state index is 13.9. The number of hydrogen-bond donors (Lipinski definition) is 0. The van der Waals surface area contributed by atoms with Crippen molar-refractivity contribution in [2.75, 3.05) is 54.7 Å². The van der Waals surface area contributed by atoms with Crippen LogP contribution in [0.5, 0.6) is 11.5 Å². The summed E-state index contributed by atoms with van der Waals surface area (Å²) in [4.78, 5) is 14.9. The zero-order valence-corrected chi connectivity index (χ0v) is 23.8. The molecule has 0 unspecified atom stereocenters. The van der Waals surface area contributed by atoms with Crippen LogP contribution in [0, 0.1) is 0 Å². The molecule has 11 nitrogen and oxygen atoms in total. The van der Waals surface area contributed by atoms with E-state index in [9.17, 15) is 13.2 Å². The van der Waals surface area contributed by atoms with Crippen molar-refractivity contribution in [3.8, 4) is 11.5 Å². The molecule has 0 atom stereocenters. The van der Waals surface area contributed by atoms with E-state index in [4.69, 9.17) is 18.9 Å². The lowest BCUT2D eigenvalue weighted by Crippen LogP contribution is -2.37. The Morgan fingerprint density at radius 2 is 1.28 bits per heavy atom. The Bertz CT molecular complexity index is 1250. The molecule has 0 radical (unpaired) electrons. The van der Waals surface area contributed by atoms with E-state index >= 15 is 0 Å². The third kappa shape index (κ3) is 7.79. The van der Waals surface area contributed by atoms with Crippen LogP contribution in [-0.2, 0) is 39.6 Å². The number of aromatic nitrogens is 2. The number of carbonyl (C=O) groups is 1. The van der Waals surface area contributed by atoms with Gasteiger partial charge in [-0.25, -0.2) is 8.42 Å². The van der Waals surface area contributed by atoms with E-state index in [1.54, 1.807) is 64.7 Å². The number of ether oxygens (including phenoxy) is 4. The lowest BCUT2D eigenvalue weighted by molar-refractivity contribution is 0.0617. The molecule has 1 heterocycles. The van der Waals surface area contributed by atoms with Crippen molar-refractivity contribution in [1.29, 1.82) is 0 Å². The standard InChI is InChI=1S/C27H36N4O7S/c1-29-25(27(32)30(14-16-35-2)15-17-36-3)18-26(28-29)39(33,34)31(19-21-6-10-23(37-4)11-7-21)20-22-8-12-24(38-5)13-9-22/h6-13,18H,14-17,19-20H2,1-5H3. The van der Waals surface area contributed by atoms with Gasteiger partial charge in [-0.15, -0.1) is 0 Å². The highest BCUT2D eigenvalue weighted by molar-refractivity contribution is 7.89. The fourth-order valence-corrected chi connectivity index (χ4v) is 5.26. The molecule has 1 amide bonds. The molecule has 2 aromatic carbocycles. The molecule has 0 aliphatic carbocycles. The van der Waals surface area contributed by atoms with Crippen LogP contribution in [0.1, 0.15) is 21.6 Å². The molecule has 3 rings (SSSR count). The van der Waals surface area contributed by atoms with E-state index in [0.29, 0.717) is 37.8 Å². The molecular weight excluding hydrogens is 524 g/mol. The average molecular weight is 561 g/mol. The number of aryl methyl sites for hydroxylation is 1. The van der Waals surface area contributed by atoms with Crippen molar-refractivity contribution in [3.05, 3.63) is 71.4 Å². The molecule has 212 valence electrons. The predicted octanol–water partition coefficient (Wildman–Crippen LogP) is 2.56. The first-order valence-electron chi connectivity index (χ1n) is 12.3. The van der Waals surface area contributed by atoms with E-state index in [0.717, 1.165) is 11.1 Å². The number of nitrogens with zero attached hydrogens (tertiary/aromatic N) is 4. The monoisotopic (exact) mass is 560 g/mol. The van der Waals surface area contributed by atoms with E-state index < -0.39 is 10.0 Å². The van der Waals surface area contributed by atoms with Crippen molar-refractivity contribution < 1.29 is 32.2 Å². The zero-order valence-electron chi connectivity index (χ0n) is 23.0. The second-order valence-corrected chi connectivity index (χ2v) is 10.6. The summed E-state index contributed by atoms with van der Waals surface area (Å²) in [5, 5.41) is 4.03. The first-order chi connectivity index (χ1) is 18.7. The quantitative estimate of drug-likeness (QED) is 0.279. The number of hydrogen-bond acceptors (Lipinski definition) is 8. The SMILES string of the molecule is COCCN(CCOC)C(=O)c1cc(S(=O)(=O)N(Cc2ccc(OC)cc2)Cc2ccc(OC)cc2)nn1C. The Hall–Kier alpha value is -3.45. The average Bonchev–Trinajstić information content (AvgIpc) is 3.35.